The van der Waals surface area contributed by atoms with E-state index in [1.54, 1.807) is 32.9 Å². The monoisotopic (exact) mass is 620 g/mol. The molecule has 1 aliphatic heterocycles. The highest BCUT2D eigenvalue weighted by Gasteiger charge is 2.36. The lowest BCUT2D eigenvalue weighted by Gasteiger charge is -2.29. The fourth-order valence-corrected chi connectivity index (χ4v) is 5.61. The maximum absolute atomic E-state index is 15.6. The van der Waals surface area contributed by atoms with Gasteiger partial charge < -0.3 is 19.5 Å². The van der Waals surface area contributed by atoms with Crippen molar-refractivity contribution >= 4 is 17.5 Å². The number of nitrogens with one attached hydrogen (secondary N) is 1. The first-order chi connectivity index (χ1) is 21.3. The molecule has 0 saturated carbocycles. The van der Waals surface area contributed by atoms with E-state index in [4.69, 9.17) is 19.2 Å². The van der Waals surface area contributed by atoms with Gasteiger partial charge >= 0.3 is 5.97 Å². The van der Waals surface area contributed by atoms with Crippen molar-refractivity contribution < 1.29 is 32.6 Å². The predicted octanol–water partition coefficient (Wildman–Crippen LogP) is 6.27. The van der Waals surface area contributed by atoms with Gasteiger partial charge in [-0.15, -0.1) is 0 Å². The van der Waals surface area contributed by atoms with E-state index in [1.807, 2.05) is 27.7 Å². The molecule has 0 unspecified atom stereocenters. The van der Waals surface area contributed by atoms with Crippen molar-refractivity contribution in [2.24, 2.45) is 0 Å². The second-order valence-corrected chi connectivity index (χ2v) is 12.2. The summed E-state index contributed by atoms with van der Waals surface area (Å²) < 4.78 is 48.2. The summed E-state index contributed by atoms with van der Waals surface area (Å²) in [5.74, 6) is -1.76. The van der Waals surface area contributed by atoms with Crippen molar-refractivity contribution in [1.29, 1.82) is 0 Å². The molecule has 0 aliphatic carbocycles. The van der Waals surface area contributed by atoms with E-state index in [1.165, 1.54) is 22.7 Å². The number of rotatable bonds is 8. The van der Waals surface area contributed by atoms with Crippen LogP contribution in [0, 0.1) is 32.4 Å². The molecule has 0 radical (unpaired) electrons. The number of ether oxygens (including phenoxy) is 3. The second-order valence-electron chi connectivity index (χ2n) is 12.2. The van der Waals surface area contributed by atoms with Gasteiger partial charge in [0.2, 0.25) is 0 Å². The van der Waals surface area contributed by atoms with Crippen molar-refractivity contribution in [3.8, 4) is 17.0 Å². The van der Waals surface area contributed by atoms with Gasteiger partial charge in [-0.1, -0.05) is 12.1 Å². The third-order valence-corrected chi connectivity index (χ3v) is 7.66. The molecule has 4 aromatic rings. The predicted molar refractivity (Wildman–Crippen MR) is 164 cm³/mol. The zero-order chi connectivity index (χ0) is 32.6. The third-order valence-electron chi connectivity index (χ3n) is 7.66. The summed E-state index contributed by atoms with van der Waals surface area (Å²) in [5.41, 5.74) is 3.90. The second kappa shape index (κ2) is 12.5. The molecule has 1 atom stereocenters. The number of esters is 1. The molecule has 2 aromatic carbocycles. The lowest BCUT2D eigenvalue weighted by atomic mass is 9.91. The SMILES string of the molecule is CCOC(=O)[C@@H](OC(C)(C)C)c1c(C)nc2cc(C(=O)NCc3ccc(F)c(C)c3)nn2c1-c1cc(F)c2c(c1C)CCCO2. The molecule has 238 valence electrons. The summed E-state index contributed by atoms with van der Waals surface area (Å²) in [5, 5.41) is 7.44. The molecule has 11 heteroatoms. The number of fused-ring (bicyclic) bond motifs is 2. The number of hydrogen-bond acceptors (Lipinski definition) is 7. The first kappa shape index (κ1) is 32.0. The maximum Gasteiger partial charge on any atom is 0.340 e. The van der Waals surface area contributed by atoms with E-state index >= 15 is 4.39 Å². The van der Waals surface area contributed by atoms with Crippen LogP contribution in [0.1, 0.15) is 84.2 Å². The van der Waals surface area contributed by atoms with Crippen LogP contribution in [-0.4, -0.2) is 45.3 Å². The van der Waals surface area contributed by atoms with Crippen LogP contribution in [0.4, 0.5) is 8.78 Å². The van der Waals surface area contributed by atoms with E-state index in [0.717, 1.165) is 23.1 Å². The molecule has 3 heterocycles. The first-order valence-corrected chi connectivity index (χ1v) is 15.0. The Labute approximate surface area is 260 Å². The van der Waals surface area contributed by atoms with E-state index in [-0.39, 0.29) is 30.4 Å². The average Bonchev–Trinajstić information content (AvgIpc) is 3.41. The molecular weight excluding hydrogens is 582 g/mol. The third kappa shape index (κ3) is 6.54. The van der Waals surface area contributed by atoms with Gasteiger partial charge in [0.05, 0.1) is 24.5 Å². The number of hydrogen-bond donors (Lipinski definition) is 1. The zero-order valence-corrected chi connectivity index (χ0v) is 26.6. The molecule has 2 aromatic heterocycles. The first-order valence-electron chi connectivity index (χ1n) is 15.0. The fraction of sp³-hybridized carbons (Fsp3) is 0.412. The highest BCUT2D eigenvalue weighted by molar-refractivity contribution is 5.93. The molecule has 0 saturated heterocycles. The van der Waals surface area contributed by atoms with Crippen LogP contribution in [0.2, 0.25) is 0 Å². The van der Waals surface area contributed by atoms with Crippen molar-refractivity contribution in [3.63, 3.8) is 0 Å². The van der Waals surface area contributed by atoms with Crippen LogP contribution in [0.5, 0.6) is 5.75 Å². The van der Waals surface area contributed by atoms with Crippen molar-refractivity contribution in [2.75, 3.05) is 13.2 Å². The van der Waals surface area contributed by atoms with Crippen molar-refractivity contribution in [3.05, 3.63) is 81.2 Å². The number of benzene rings is 2. The van der Waals surface area contributed by atoms with Crippen LogP contribution in [0.15, 0.2) is 30.3 Å². The highest BCUT2D eigenvalue weighted by atomic mass is 19.1. The summed E-state index contributed by atoms with van der Waals surface area (Å²) in [6.45, 7) is 13.1. The Morgan fingerprint density at radius 3 is 2.56 bits per heavy atom. The lowest BCUT2D eigenvalue weighted by molar-refractivity contribution is -0.166. The van der Waals surface area contributed by atoms with E-state index in [2.05, 4.69) is 10.4 Å². The minimum Gasteiger partial charge on any atom is -0.490 e. The quantitative estimate of drug-likeness (QED) is 0.232. The smallest absolute Gasteiger partial charge is 0.340 e. The number of carbonyl (C=O) groups excluding carboxylic acids is 2. The van der Waals surface area contributed by atoms with Crippen LogP contribution < -0.4 is 10.1 Å². The Balaban J connectivity index is 1.70. The number of aryl methyl sites for hydroxylation is 2. The molecule has 0 bridgehead atoms. The van der Waals surface area contributed by atoms with Gasteiger partial charge in [0.15, 0.2) is 29.0 Å². The molecule has 45 heavy (non-hydrogen) atoms. The molecule has 1 amide bonds. The van der Waals surface area contributed by atoms with Crippen LogP contribution in [-0.2, 0) is 27.2 Å². The number of carbonyl (C=O) groups is 2. The van der Waals surface area contributed by atoms with Gasteiger partial charge in [-0.3, -0.25) is 4.79 Å². The fourth-order valence-electron chi connectivity index (χ4n) is 5.61. The molecule has 1 aliphatic rings. The van der Waals surface area contributed by atoms with Gasteiger partial charge in [0, 0.05) is 35.0 Å². The Kier molecular flexibility index (Phi) is 8.93. The standard InChI is InChI=1S/C34H38F2N4O5/c1-8-43-33(42)31(45-34(5,6)7)28-20(4)38-27-16-26(32(41)37-17-21-11-12-24(35)18(2)14-21)39-40(27)29(28)23-15-25(36)30-22(19(23)3)10-9-13-44-30/h11-12,14-16,31H,8-10,13,17H2,1-7H3,(H,37,41)/t31-/m0/s1. The average molecular weight is 621 g/mol. The molecule has 0 spiro atoms. The Morgan fingerprint density at radius 2 is 1.87 bits per heavy atom. The van der Waals surface area contributed by atoms with Crippen LogP contribution >= 0.6 is 0 Å². The van der Waals surface area contributed by atoms with Crippen LogP contribution in [0.3, 0.4) is 0 Å². The molecule has 1 N–H and O–H groups in total. The number of halogens is 2. The molecule has 9 nitrogen and oxygen atoms in total. The highest BCUT2D eigenvalue weighted by Crippen LogP contribution is 2.41. The zero-order valence-electron chi connectivity index (χ0n) is 26.6. The van der Waals surface area contributed by atoms with Gasteiger partial charge in [-0.2, -0.15) is 5.10 Å². The lowest BCUT2D eigenvalue weighted by Crippen LogP contribution is -2.30. The summed E-state index contributed by atoms with van der Waals surface area (Å²) in [7, 11) is 0. The summed E-state index contributed by atoms with van der Waals surface area (Å²) in [6.07, 6.45) is 0.117. The molecular formula is C34H38F2N4O5. The number of nitrogens with zero attached hydrogens (tertiary/aromatic N) is 3. The normalized spacial score (nSPS) is 13.7. The minimum absolute atomic E-state index is 0.0583. The molecule has 0 fully saturated rings. The number of amides is 1. The Hall–Kier alpha value is -4.38. The summed E-state index contributed by atoms with van der Waals surface area (Å²) >= 11 is 0. The van der Waals surface area contributed by atoms with Gasteiger partial charge in [0.1, 0.15) is 5.82 Å². The largest absolute Gasteiger partial charge is 0.490 e. The van der Waals surface area contributed by atoms with Crippen LogP contribution in [0.25, 0.3) is 16.9 Å². The van der Waals surface area contributed by atoms with E-state index in [0.29, 0.717) is 46.8 Å². The molecule has 5 rings (SSSR count). The maximum atomic E-state index is 15.6. The minimum atomic E-state index is -1.23. The van der Waals surface area contributed by atoms with Gasteiger partial charge in [0.25, 0.3) is 5.91 Å². The van der Waals surface area contributed by atoms with E-state index in [9.17, 15) is 14.0 Å². The van der Waals surface area contributed by atoms with Gasteiger partial charge in [-0.25, -0.2) is 23.1 Å². The Bertz CT molecular complexity index is 1790. The van der Waals surface area contributed by atoms with Crippen molar-refractivity contribution in [2.45, 2.75) is 79.6 Å². The van der Waals surface area contributed by atoms with Gasteiger partial charge in [-0.05, 0) is 90.1 Å². The summed E-state index contributed by atoms with van der Waals surface area (Å²) in [4.78, 5) is 31.5. The topological polar surface area (TPSA) is 104 Å². The van der Waals surface area contributed by atoms with Crippen molar-refractivity contribution in [1.82, 2.24) is 19.9 Å². The Morgan fingerprint density at radius 1 is 1.11 bits per heavy atom. The summed E-state index contributed by atoms with van der Waals surface area (Å²) in [6, 6.07) is 7.52. The van der Waals surface area contributed by atoms with E-state index < -0.39 is 29.4 Å². The number of aromatic nitrogens is 3.